The number of fused-ring (bicyclic) bond motifs is 3. The first-order valence-electron chi connectivity index (χ1n) is 5.36. The lowest BCUT2D eigenvalue weighted by Crippen LogP contribution is -2.40. The number of nitrogens with zero attached hydrogens (tertiary/aromatic N) is 1. The first-order valence-corrected chi connectivity index (χ1v) is 5.36. The van der Waals surface area contributed by atoms with Gasteiger partial charge >= 0.3 is 0 Å². The minimum Gasteiger partial charge on any atom is -0.398 e. The van der Waals surface area contributed by atoms with Crippen molar-refractivity contribution in [1.82, 2.24) is 0 Å². The number of anilines is 1. The molecule has 15 heavy (non-hydrogen) atoms. The van der Waals surface area contributed by atoms with Gasteiger partial charge in [-0.05, 0) is 30.4 Å². The molecule has 2 aliphatic heterocycles. The van der Waals surface area contributed by atoms with Crippen LogP contribution in [-0.2, 0) is 6.42 Å². The van der Waals surface area contributed by atoms with Gasteiger partial charge in [0.05, 0.1) is 0 Å². The van der Waals surface area contributed by atoms with Crippen LogP contribution in [0.25, 0.3) is 0 Å². The normalized spacial score (nSPS) is 18.3. The van der Waals surface area contributed by atoms with E-state index in [2.05, 4.69) is 35.1 Å². The van der Waals surface area contributed by atoms with E-state index in [4.69, 9.17) is 5.73 Å². The Morgan fingerprint density at radius 3 is 3.07 bits per heavy atom. The van der Waals surface area contributed by atoms with E-state index in [1.54, 1.807) is 0 Å². The highest BCUT2D eigenvalue weighted by Crippen LogP contribution is 2.31. The van der Waals surface area contributed by atoms with Crippen LogP contribution in [0, 0.1) is 0 Å². The summed E-state index contributed by atoms with van der Waals surface area (Å²) in [7, 11) is 0. The van der Waals surface area contributed by atoms with Crippen molar-refractivity contribution in [3.05, 3.63) is 53.8 Å². The predicted octanol–water partition coefficient (Wildman–Crippen LogP) is 1.95. The Kier molecular flexibility index (Phi) is 1.84. The van der Waals surface area contributed by atoms with Crippen LogP contribution in [0.2, 0.25) is 6.32 Å². The van der Waals surface area contributed by atoms with Crippen molar-refractivity contribution in [3.8, 4) is 0 Å². The average molecular weight is 196 g/mol. The number of aryl methyl sites for hydroxylation is 1. The molecule has 2 N–H and O–H groups in total. The van der Waals surface area contributed by atoms with Crippen LogP contribution in [0.1, 0.15) is 5.56 Å². The van der Waals surface area contributed by atoms with Crippen LogP contribution < -0.4 is 10.5 Å². The van der Waals surface area contributed by atoms with Gasteiger partial charge in [-0.25, -0.2) is 0 Å². The van der Waals surface area contributed by atoms with Gasteiger partial charge in [-0.1, -0.05) is 24.2 Å². The summed E-state index contributed by atoms with van der Waals surface area (Å²) in [5.74, 6) is 2.20. The molecule has 0 aromatic heterocycles. The fraction of sp³-hybridized carbons (Fsp3) is 0.167. The van der Waals surface area contributed by atoms with E-state index in [-0.39, 0.29) is 0 Å². The maximum absolute atomic E-state index is 5.83. The van der Waals surface area contributed by atoms with E-state index >= 15 is 0 Å². The summed E-state index contributed by atoms with van der Waals surface area (Å²) in [6.45, 7) is 0.493. The number of rotatable bonds is 0. The Labute approximate surface area is 90.2 Å². The largest absolute Gasteiger partial charge is 0.398 e. The molecule has 3 rings (SSSR count). The van der Waals surface area contributed by atoms with Crippen LogP contribution in [-0.4, -0.2) is 6.85 Å². The standard InChI is InChI=1S/C12H13BN2/c14-11-6-8-13-7-5-10-3-1-2-4-12(10)15(13)9-11/h1-4,6,8-9H,5,7,14H2. The van der Waals surface area contributed by atoms with Crippen LogP contribution >= 0.6 is 0 Å². The smallest absolute Gasteiger partial charge is 0.286 e. The van der Waals surface area contributed by atoms with Gasteiger partial charge in [0.25, 0.3) is 6.85 Å². The average Bonchev–Trinajstić information content (AvgIpc) is 2.29. The lowest BCUT2D eigenvalue weighted by Gasteiger charge is -2.35. The number of hydrogen-bond acceptors (Lipinski definition) is 2. The van der Waals surface area contributed by atoms with E-state index < -0.39 is 0 Å². The first-order chi connectivity index (χ1) is 7.34. The molecular formula is C12H13BN2. The molecule has 0 spiro atoms. The Balaban J connectivity index is 2.09. The van der Waals surface area contributed by atoms with Crippen molar-refractivity contribution in [1.29, 1.82) is 0 Å². The summed E-state index contributed by atoms with van der Waals surface area (Å²) in [5.41, 5.74) is 9.40. The van der Waals surface area contributed by atoms with Crippen molar-refractivity contribution < 1.29 is 0 Å². The number of allylic oxidation sites excluding steroid dienone is 1. The number of para-hydroxylation sites is 1. The molecule has 0 aliphatic carbocycles. The molecule has 0 fully saturated rings. The number of benzene rings is 1. The van der Waals surface area contributed by atoms with Crippen LogP contribution in [0.3, 0.4) is 0 Å². The van der Waals surface area contributed by atoms with Gasteiger partial charge < -0.3 is 10.5 Å². The van der Waals surface area contributed by atoms with Crippen molar-refractivity contribution >= 4 is 12.5 Å². The minimum absolute atomic E-state index is 0.493. The van der Waals surface area contributed by atoms with E-state index in [0.717, 1.165) is 12.1 Å². The molecule has 0 saturated carbocycles. The summed E-state index contributed by atoms with van der Waals surface area (Å²) >= 11 is 0. The van der Waals surface area contributed by atoms with E-state index in [1.807, 2.05) is 12.3 Å². The SMILES string of the molecule is NC1=CN2B(C=C1)CCc1ccccc12. The van der Waals surface area contributed by atoms with Crippen LogP contribution in [0.15, 0.2) is 48.2 Å². The third kappa shape index (κ3) is 1.35. The number of hydrogen-bond donors (Lipinski definition) is 1. The van der Waals surface area contributed by atoms with Gasteiger partial charge in [-0.15, -0.1) is 0 Å². The Hall–Kier alpha value is -1.64. The quantitative estimate of drug-likeness (QED) is 0.642. The molecule has 74 valence electrons. The van der Waals surface area contributed by atoms with Gasteiger partial charge in [0.1, 0.15) is 0 Å². The topological polar surface area (TPSA) is 29.3 Å². The van der Waals surface area contributed by atoms with Gasteiger partial charge in [0.15, 0.2) is 0 Å². The van der Waals surface area contributed by atoms with Crippen molar-refractivity contribution in [2.45, 2.75) is 12.7 Å². The summed E-state index contributed by atoms with van der Waals surface area (Å²) in [4.78, 5) is 2.29. The Morgan fingerprint density at radius 1 is 1.27 bits per heavy atom. The summed E-state index contributed by atoms with van der Waals surface area (Å²) in [6.07, 6.45) is 6.39. The Bertz CT molecular complexity index is 451. The van der Waals surface area contributed by atoms with Crippen molar-refractivity contribution in [2.24, 2.45) is 5.73 Å². The molecule has 2 heterocycles. The van der Waals surface area contributed by atoms with Gasteiger partial charge in [-0.3, -0.25) is 0 Å². The molecule has 0 unspecified atom stereocenters. The highest BCUT2D eigenvalue weighted by atomic mass is 15.1. The molecule has 1 aromatic carbocycles. The van der Waals surface area contributed by atoms with Crippen molar-refractivity contribution in [3.63, 3.8) is 0 Å². The molecule has 3 heteroatoms. The molecule has 0 amide bonds. The van der Waals surface area contributed by atoms with Crippen LogP contribution in [0.4, 0.5) is 5.69 Å². The molecule has 0 bridgehead atoms. The first kappa shape index (κ1) is 8.66. The second-order valence-corrected chi connectivity index (χ2v) is 4.13. The molecule has 2 nitrogen and oxygen atoms in total. The zero-order valence-corrected chi connectivity index (χ0v) is 8.56. The summed E-state index contributed by atoms with van der Waals surface area (Å²) in [6, 6.07) is 8.56. The minimum atomic E-state index is 0.493. The van der Waals surface area contributed by atoms with Gasteiger partial charge in [0.2, 0.25) is 0 Å². The highest BCUT2D eigenvalue weighted by Gasteiger charge is 2.28. The van der Waals surface area contributed by atoms with Crippen LogP contribution in [0.5, 0.6) is 0 Å². The summed E-state index contributed by atoms with van der Waals surface area (Å²) in [5, 5.41) is 0. The molecule has 0 atom stereocenters. The third-order valence-electron chi connectivity index (χ3n) is 3.14. The Morgan fingerprint density at radius 2 is 2.13 bits per heavy atom. The van der Waals surface area contributed by atoms with E-state index in [0.29, 0.717) is 6.85 Å². The second-order valence-electron chi connectivity index (χ2n) is 4.13. The maximum Gasteiger partial charge on any atom is 0.286 e. The number of nitrogens with two attached hydrogens (primary N) is 1. The zero-order valence-electron chi connectivity index (χ0n) is 8.56. The van der Waals surface area contributed by atoms with Gasteiger partial charge in [-0.2, -0.15) is 0 Å². The predicted molar refractivity (Wildman–Crippen MR) is 64.6 cm³/mol. The fourth-order valence-electron chi connectivity index (χ4n) is 2.38. The molecule has 1 aromatic rings. The van der Waals surface area contributed by atoms with E-state index in [1.165, 1.54) is 17.6 Å². The molecule has 2 aliphatic rings. The third-order valence-corrected chi connectivity index (χ3v) is 3.14. The molecule has 0 radical (unpaired) electrons. The fourth-order valence-corrected chi connectivity index (χ4v) is 2.38. The zero-order chi connectivity index (χ0) is 10.3. The van der Waals surface area contributed by atoms with Gasteiger partial charge in [0, 0.05) is 17.6 Å². The molecule has 0 saturated heterocycles. The highest BCUT2D eigenvalue weighted by molar-refractivity contribution is 6.69. The summed E-state index contributed by atoms with van der Waals surface area (Å²) < 4.78 is 0. The second kappa shape index (κ2) is 3.19. The maximum atomic E-state index is 5.83. The lowest BCUT2D eigenvalue weighted by atomic mass is 9.53. The molecular weight excluding hydrogens is 183 g/mol. The lowest BCUT2D eigenvalue weighted by molar-refractivity contribution is 1.04. The monoisotopic (exact) mass is 196 g/mol. The van der Waals surface area contributed by atoms with E-state index in [9.17, 15) is 0 Å². The van der Waals surface area contributed by atoms with Crippen molar-refractivity contribution in [2.75, 3.05) is 4.81 Å².